The summed E-state index contributed by atoms with van der Waals surface area (Å²) in [6.45, 7) is 5.09. The fourth-order valence-electron chi connectivity index (χ4n) is 2.08. The molecule has 2 rings (SSSR count). The monoisotopic (exact) mass is 397 g/mol. The van der Waals surface area contributed by atoms with Gasteiger partial charge in [0.1, 0.15) is 5.75 Å². The molecule has 2 aromatic rings. The van der Waals surface area contributed by atoms with E-state index in [-0.39, 0.29) is 5.75 Å². The Labute approximate surface area is 136 Å². The lowest BCUT2D eigenvalue weighted by molar-refractivity contribution is 0.468. The fraction of sp³-hybridized carbons (Fsp3) is 0.250. The first kappa shape index (κ1) is 15.4. The van der Waals surface area contributed by atoms with E-state index in [1.807, 2.05) is 18.2 Å². The Morgan fingerprint density at radius 1 is 1.10 bits per heavy atom. The summed E-state index contributed by atoms with van der Waals surface area (Å²) in [5, 5.41) is 13.2. The molecule has 2 N–H and O–H groups in total. The number of halogens is 2. The summed E-state index contributed by atoms with van der Waals surface area (Å²) in [5.41, 5.74) is 3.56. The van der Waals surface area contributed by atoms with Crippen LogP contribution < -0.4 is 5.32 Å². The summed E-state index contributed by atoms with van der Waals surface area (Å²) in [4.78, 5) is 0. The molecule has 0 radical (unpaired) electrons. The number of anilines is 1. The normalized spacial score (nSPS) is 10.8. The average molecular weight is 399 g/mol. The first-order valence-corrected chi connectivity index (χ1v) is 8.07. The lowest BCUT2D eigenvalue weighted by Crippen LogP contribution is -2.03. The summed E-state index contributed by atoms with van der Waals surface area (Å²) in [5.74, 6) is 0.716. The highest BCUT2D eigenvalue weighted by Crippen LogP contribution is 2.33. The number of hydrogen-bond acceptors (Lipinski definition) is 2. The third-order valence-electron chi connectivity index (χ3n) is 3.14. The van der Waals surface area contributed by atoms with Crippen LogP contribution >= 0.6 is 31.9 Å². The van der Waals surface area contributed by atoms with Gasteiger partial charge in [-0.05, 0) is 67.1 Å². The molecule has 2 nitrogen and oxygen atoms in total. The molecule has 0 saturated heterocycles. The summed E-state index contributed by atoms with van der Waals surface area (Å²) < 4.78 is 1.39. The Morgan fingerprint density at radius 3 is 2.30 bits per heavy atom. The molecule has 0 aliphatic heterocycles. The molecule has 0 fully saturated rings. The van der Waals surface area contributed by atoms with E-state index in [4.69, 9.17) is 0 Å². The molecule has 20 heavy (non-hydrogen) atoms. The van der Waals surface area contributed by atoms with Crippen LogP contribution in [0.5, 0.6) is 5.75 Å². The predicted octanol–water partition coefficient (Wildman–Crippen LogP) is 5.65. The minimum atomic E-state index is 0.233. The van der Waals surface area contributed by atoms with Crippen molar-refractivity contribution < 1.29 is 5.11 Å². The van der Waals surface area contributed by atoms with E-state index in [0.717, 1.165) is 11.3 Å². The van der Waals surface area contributed by atoms with Crippen LogP contribution in [-0.4, -0.2) is 5.11 Å². The van der Waals surface area contributed by atoms with Crippen LogP contribution in [0.25, 0.3) is 0 Å². The fourth-order valence-corrected chi connectivity index (χ4v) is 3.36. The minimum absolute atomic E-state index is 0.233. The van der Waals surface area contributed by atoms with Crippen LogP contribution in [0.2, 0.25) is 0 Å². The predicted molar refractivity (Wildman–Crippen MR) is 91.4 cm³/mol. The van der Waals surface area contributed by atoms with Gasteiger partial charge in [0.05, 0.1) is 8.95 Å². The molecule has 0 heterocycles. The summed E-state index contributed by atoms with van der Waals surface area (Å²) in [7, 11) is 0. The summed E-state index contributed by atoms with van der Waals surface area (Å²) in [6.07, 6.45) is 0. The van der Waals surface area contributed by atoms with Crippen molar-refractivity contribution in [3.05, 3.63) is 56.5 Å². The second kappa shape index (κ2) is 6.64. The van der Waals surface area contributed by atoms with Crippen molar-refractivity contribution in [2.75, 3.05) is 5.32 Å². The maximum absolute atomic E-state index is 9.72. The lowest BCUT2D eigenvalue weighted by atomic mass is 10.0. The molecule has 106 valence electrons. The first-order chi connectivity index (χ1) is 9.49. The van der Waals surface area contributed by atoms with E-state index < -0.39 is 0 Å². The van der Waals surface area contributed by atoms with Crippen molar-refractivity contribution in [2.24, 2.45) is 0 Å². The van der Waals surface area contributed by atoms with Gasteiger partial charge in [0.15, 0.2) is 0 Å². The zero-order valence-electron chi connectivity index (χ0n) is 11.5. The van der Waals surface area contributed by atoms with E-state index >= 15 is 0 Å². The smallest absolute Gasteiger partial charge is 0.143 e. The Morgan fingerprint density at radius 2 is 1.70 bits per heavy atom. The highest BCUT2D eigenvalue weighted by atomic mass is 79.9. The maximum atomic E-state index is 9.72. The Balaban J connectivity index is 2.17. The van der Waals surface area contributed by atoms with E-state index in [0.29, 0.717) is 21.4 Å². The Hall–Kier alpha value is -1.000. The molecule has 0 amide bonds. The van der Waals surface area contributed by atoms with Gasteiger partial charge >= 0.3 is 0 Å². The van der Waals surface area contributed by atoms with Crippen molar-refractivity contribution in [1.82, 2.24) is 0 Å². The zero-order valence-corrected chi connectivity index (χ0v) is 14.6. The third-order valence-corrected chi connectivity index (χ3v) is 4.35. The van der Waals surface area contributed by atoms with Crippen LogP contribution in [0.15, 0.2) is 45.3 Å². The molecular formula is C16H17Br2NO. The second-order valence-corrected chi connectivity index (χ2v) is 6.71. The van der Waals surface area contributed by atoms with Gasteiger partial charge in [-0.2, -0.15) is 0 Å². The first-order valence-electron chi connectivity index (χ1n) is 6.48. The number of phenolic OH excluding ortho intramolecular Hbond substituents is 1. The molecule has 0 unspecified atom stereocenters. The molecule has 0 spiro atoms. The van der Waals surface area contributed by atoms with Gasteiger partial charge in [-0.25, -0.2) is 0 Å². The number of aromatic hydroxyl groups is 1. The summed E-state index contributed by atoms with van der Waals surface area (Å²) >= 11 is 6.71. The molecule has 0 aliphatic rings. The van der Waals surface area contributed by atoms with Crippen LogP contribution in [0.4, 0.5) is 5.69 Å². The molecule has 0 atom stereocenters. The molecule has 4 heteroatoms. The number of para-hydroxylation sites is 1. The molecular weight excluding hydrogens is 382 g/mol. The van der Waals surface area contributed by atoms with Crippen LogP contribution in [0.1, 0.15) is 30.9 Å². The van der Waals surface area contributed by atoms with E-state index in [1.54, 1.807) is 0 Å². The van der Waals surface area contributed by atoms with Crippen LogP contribution in [0.3, 0.4) is 0 Å². The average Bonchev–Trinajstić information content (AvgIpc) is 2.42. The highest BCUT2D eigenvalue weighted by molar-refractivity contribution is 9.11. The van der Waals surface area contributed by atoms with Crippen LogP contribution in [-0.2, 0) is 6.54 Å². The van der Waals surface area contributed by atoms with Gasteiger partial charge in [0, 0.05) is 12.2 Å². The maximum Gasteiger partial charge on any atom is 0.143 e. The largest absolute Gasteiger partial charge is 0.506 e. The standard InChI is InChI=1S/C16H17Br2NO/c1-10(2)12-5-3-4-6-15(12)19-9-11-7-13(17)16(20)14(18)8-11/h3-8,10,19-20H,9H2,1-2H3. The topological polar surface area (TPSA) is 32.3 Å². The van der Waals surface area contributed by atoms with Gasteiger partial charge in [-0.15, -0.1) is 0 Å². The van der Waals surface area contributed by atoms with Crippen LogP contribution in [0, 0.1) is 0 Å². The summed E-state index contributed by atoms with van der Waals surface area (Å²) in [6, 6.07) is 12.2. The molecule has 0 aliphatic carbocycles. The lowest BCUT2D eigenvalue weighted by Gasteiger charge is -2.15. The van der Waals surface area contributed by atoms with Gasteiger partial charge in [0.25, 0.3) is 0 Å². The number of hydrogen-bond donors (Lipinski definition) is 2. The number of benzene rings is 2. The van der Waals surface area contributed by atoms with E-state index in [1.165, 1.54) is 5.56 Å². The number of rotatable bonds is 4. The van der Waals surface area contributed by atoms with Gasteiger partial charge in [0.2, 0.25) is 0 Å². The van der Waals surface area contributed by atoms with Gasteiger partial charge in [-0.1, -0.05) is 32.0 Å². The molecule has 0 bridgehead atoms. The van der Waals surface area contributed by atoms with Gasteiger partial charge < -0.3 is 10.4 Å². The quantitative estimate of drug-likeness (QED) is 0.696. The second-order valence-electron chi connectivity index (χ2n) is 5.00. The van der Waals surface area contributed by atoms with Crippen molar-refractivity contribution >= 4 is 37.5 Å². The van der Waals surface area contributed by atoms with Crippen molar-refractivity contribution in [2.45, 2.75) is 26.3 Å². The van der Waals surface area contributed by atoms with Crippen molar-refractivity contribution in [3.63, 3.8) is 0 Å². The van der Waals surface area contributed by atoms with Crippen molar-refractivity contribution in [1.29, 1.82) is 0 Å². The van der Waals surface area contributed by atoms with E-state index in [2.05, 4.69) is 69.2 Å². The molecule has 0 aromatic heterocycles. The van der Waals surface area contributed by atoms with E-state index in [9.17, 15) is 5.11 Å². The molecule has 0 saturated carbocycles. The highest BCUT2D eigenvalue weighted by Gasteiger charge is 2.08. The van der Waals surface area contributed by atoms with Gasteiger partial charge in [-0.3, -0.25) is 0 Å². The number of nitrogens with one attached hydrogen (secondary N) is 1. The molecule has 2 aromatic carbocycles. The number of phenols is 1. The third kappa shape index (κ3) is 3.55. The minimum Gasteiger partial charge on any atom is -0.506 e. The Bertz CT molecular complexity index is 588. The Kier molecular flexibility index (Phi) is 5.11. The van der Waals surface area contributed by atoms with Crippen molar-refractivity contribution in [3.8, 4) is 5.75 Å². The SMILES string of the molecule is CC(C)c1ccccc1NCc1cc(Br)c(O)c(Br)c1. The zero-order chi connectivity index (χ0) is 14.7.